The molecule has 2 aromatic carbocycles. The summed E-state index contributed by atoms with van der Waals surface area (Å²) >= 11 is 1.50. The predicted octanol–water partition coefficient (Wildman–Crippen LogP) is 3.79. The molecule has 0 atom stereocenters. The van der Waals surface area contributed by atoms with Gasteiger partial charge in [-0.3, -0.25) is 14.7 Å². The Labute approximate surface area is 155 Å². The van der Waals surface area contributed by atoms with Gasteiger partial charge >= 0.3 is 0 Å². The fourth-order valence-corrected chi connectivity index (χ4v) is 3.40. The molecule has 0 N–H and O–H groups in total. The first kappa shape index (κ1) is 18.1. The van der Waals surface area contributed by atoms with Gasteiger partial charge in [-0.15, -0.1) is 10.2 Å². The Morgan fingerprint density at radius 2 is 1.96 bits per heavy atom. The molecule has 0 fully saturated rings. The summed E-state index contributed by atoms with van der Waals surface area (Å²) in [4.78, 5) is 10.5. The second kappa shape index (κ2) is 8.59. The largest absolute Gasteiger partial charge is 0.383 e. The molecule has 0 unspecified atom stereocenters. The summed E-state index contributed by atoms with van der Waals surface area (Å²) in [6.07, 6.45) is 0. The van der Waals surface area contributed by atoms with E-state index in [2.05, 4.69) is 10.2 Å². The first-order valence-electron chi connectivity index (χ1n) is 8.02. The average molecular weight is 370 g/mol. The molecule has 0 saturated heterocycles. The van der Waals surface area contributed by atoms with E-state index in [4.69, 9.17) is 4.74 Å². The van der Waals surface area contributed by atoms with Crippen LogP contribution >= 0.6 is 11.8 Å². The van der Waals surface area contributed by atoms with E-state index in [1.807, 2.05) is 41.0 Å². The van der Waals surface area contributed by atoms with Crippen molar-refractivity contribution in [3.8, 4) is 11.4 Å². The van der Waals surface area contributed by atoms with Crippen LogP contribution in [0.25, 0.3) is 11.4 Å². The van der Waals surface area contributed by atoms with Gasteiger partial charge in [-0.2, -0.15) is 0 Å². The van der Waals surface area contributed by atoms with Crippen LogP contribution in [0.2, 0.25) is 0 Å². The van der Waals surface area contributed by atoms with E-state index in [1.54, 1.807) is 19.2 Å². The smallest absolute Gasteiger partial charge is 0.269 e. The van der Waals surface area contributed by atoms with E-state index in [0.29, 0.717) is 18.9 Å². The van der Waals surface area contributed by atoms with Crippen molar-refractivity contribution in [3.63, 3.8) is 0 Å². The summed E-state index contributed by atoms with van der Waals surface area (Å²) < 4.78 is 7.22. The molecule has 1 aromatic heterocycles. The van der Waals surface area contributed by atoms with E-state index < -0.39 is 0 Å². The van der Waals surface area contributed by atoms with Gasteiger partial charge in [0, 0.05) is 30.6 Å². The zero-order valence-electron chi connectivity index (χ0n) is 14.2. The maximum atomic E-state index is 10.9. The number of nitro groups is 1. The van der Waals surface area contributed by atoms with Crippen molar-refractivity contribution in [3.05, 3.63) is 70.3 Å². The van der Waals surface area contributed by atoms with Gasteiger partial charge in [0.15, 0.2) is 11.0 Å². The van der Waals surface area contributed by atoms with Crippen molar-refractivity contribution in [1.29, 1.82) is 0 Å². The lowest BCUT2D eigenvalue weighted by Crippen LogP contribution is -2.07. The fraction of sp³-hybridized carbons (Fsp3) is 0.222. The molecule has 8 heteroatoms. The van der Waals surface area contributed by atoms with E-state index in [1.165, 1.54) is 17.8 Å². The van der Waals surface area contributed by atoms with Crippen LogP contribution in [0, 0.1) is 10.1 Å². The van der Waals surface area contributed by atoms with Crippen molar-refractivity contribution in [2.75, 3.05) is 13.7 Å². The van der Waals surface area contributed by atoms with Gasteiger partial charge in [-0.05, 0) is 5.56 Å². The minimum absolute atomic E-state index is 0.0916. The van der Waals surface area contributed by atoms with Crippen LogP contribution in [-0.4, -0.2) is 33.4 Å². The minimum Gasteiger partial charge on any atom is -0.383 e. The summed E-state index contributed by atoms with van der Waals surface area (Å²) in [5, 5.41) is 20.3. The van der Waals surface area contributed by atoms with E-state index in [0.717, 1.165) is 22.1 Å². The number of thioether (sulfide) groups is 1. The summed E-state index contributed by atoms with van der Waals surface area (Å²) in [6, 6.07) is 16.5. The Morgan fingerprint density at radius 3 is 2.69 bits per heavy atom. The average Bonchev–Trinajstić information content (AvgIpc) is 3.08. The number of non-ortho nitro benzene ring substituents is 1. The van der Waals surface area contributed by atoms with Gasteiger partial charge in [-0.1, -0.05) is 54.2 Å². The molecular formula is C18H18N4O3S. The van der Waals surface area contributed by atoms with Crippen LogP contribution in [0.15, 0.2) is 59.8 Å². The maximum absolute atomic E-state index is 10.9. The molecule has 3 aromatic rings. The standard InChI is InChI=1S/C18H18N4O3S/c1-25-11-10-21-17(15-7-3-2-4-8-15)19-20-18(21)26-13-14-6-5-9-16(12-14)22(23)24/h2-9,12H,10-11,13H2,1H3. The number of nitro benzene ring substituents is 1. The van der Waals surface area contributed by atoms with E-state index >= 15 is 0 Å². The summed E-state index contributed by atoms with van der Waals surface area (Å²) in [5.74, 6) is 1.35. The van der Waals surface area contributed by atoms with E-state index in [9.17, 15) is 10.1 Å². The van der Waals surface area contributed by atoms with Crippen molar-refractivity contribution >= 4 is 17.4 Å². The number of rotatable bonds is 8. The number of aromatic nitrogens is 3. The number of hydrogen-bond acceptors (Lipinski definition) is 6. The lowest BCUT2D eigenvalue weighted by atomic mass is 10.2. The third-order valence-corrected chi connectivity index (χ3v) is 4.80. The summed E-state index contributed by atoms with van der Waals surface area (Å²) in [6.45, 7) is 1.17. The zero-order chi connectivity index (χ0) is 18.4. The van der Waals surface area contributed by atoms with Gasteiger partial charge in [0.1, 0.15) is 0 Å². The number of nitrogens with zero attached hydrogens (tertiary/aromatic N) is 4. The zero-order valence-corrected chi connectivity index (χ0v) is 15.1. The molecule has 0 radical (unpaired) electrons. The molecule has 3 rings (SSSR count). The summed E-state index contributed by atoms with van der Waals surface area (Å²) in [5.41, 5.74) is 1.94. The molecule has 7 nitrogen and oxygen atoms in total. The predicted molar refractivity (Wildman–Crippen MR) is 100.0 cm³/mol. The van der Waals surface area contributed by atoms with Crippen LogP contribution < -0.4 is 0 Å². The van der Waals surface area contributed by atoms with Crippen LogP contribution in [0.1, 0.15) is 5.56 Å². The van der Waals surface area contributed by atoms with Gasteiger partial charge in [-0.25, -0.2) is 0 Å². The quantitative estimate of drug-likeness (QED) is 0.341. The third-order valence-electron chi connectivity index (χ3n) is 3.76. The van der Waals surface area contributed by atoms with Crippen LogP contribution in [-0.2, 0) is 17.0 Å². The molecular weight excluding hydrogens is 352 g/mol. The second-order valence-corrected chi connectivity index (χ2v) is 6.47. The Kier molecular flexibility index (Phi) is 5.98. The Morgan fingerprint density at radius 1 is 1.15 bits per heavy atom. The molecule has 0 aliphatic carbocycles. The first-order chi connectivity index (χ1) is 12.7. The number of methoxy groups -OCH3 is 1. The molecule has 0 bridgehead atoms. The van der Waals surface area contributed by atoms with Gasteiger partial charge in [0.25, 0.3) is 5.69 Å². The van der Waals surface area contributed by atoms with Crippen molar-refractivity contribution in [2.24, 2.45) is 0 Å². The molecule has 1 heterocycles. The molecule has 0 aliphatic heterocycles. The number of benzene rings is 2. The van der Waals surface area contributed by atoms with Crippen molar-refractivity contribution in [1.82, 2.24) is 14.8 Å². The highest BCUT2D eigenvalue weighted by molar-refractivity contribution is 7.98. The van der Waals surface area contributed by atoms with Crippen LogP contribution in [0.5, 0.6) is 0 Å². The molecule has 0 amide bonds. The van der Waals surface area contributed by atoms with Crippen LogP contribution in [0.3, 0.4) is 0 Å². The number of hydrogen-bond donors (Lipinski definition) is 0. The van der Waals surface area contributed by atoms with Crippen molar-refractivity contribution < 1.29 is 9.66 Å². The highest BCUT2D eigenvalue weighted by Crippen LogP contribution is 2.27. The minimum atomic E-state index is -0.386. The Hall–Kier alpha value is -2.71. The normalized spacial score (nSPS) is 10.8. The molecule has 0 spiro atoms. The second-order valence-electron chi connectivity index (χ2n) is 5.53. The lowest BCUT2D eigenvalue weighted by molar-refractivity contribution is -0.384. The summed E-state index contributed by atoms with van der Waals surface area (Å²) in [7, 11) is 1.66. The number of ether oxygens (including phenoxy) is 1. The molecule has 26 heavy (non-hydrogen) atoms. The molecule has 0 saturated carbocycles. The van der Waals surface area contributed by atoms with Gasteiger partial charge in [0.05, 0.1) is 18.1 Å². The lowest BCUT2D eigenvalue weighted by Gasteiger charge is -2.09. The topological polar surface area (TPSA) is 83.1 Å². The van der Waals surface area contributed by atoms with Gasteiger partial charge < -0.3 is 4.74 Å². The molecule has 134 valence electrons. The highest BCUT2D eigenvalue weighted by Gasteiger charge is 2.15. The Balaban J connectivity index is 1.82. The third kappa shape index (κ3) is 4.27. The first-order valence-corrected chi connectivity index (χ1v) is 9.01. The van der Waals surface area contributed by atoms with E-state index in [-0.39, 0.29) is 10.6 Å². The maximum Gasteiger partial charge on any atom is 0.269 e. The fourth-order valence-electron chi connectivity index (χ4n) is 2.49. The Bertz CT molecular complexity index is 883. The highest BCUT2D eigenvalue weighted by atomic mass is 32.2. The SMILES string of the molecule is COCCn1c(SCc2cccc([N+](=O)[O-])c2)nnc1-c1ccccc1. The molecule has 0 aliphatic rings. The van der Waals surface area contributed by atoms with Gasteiger partial charge in [0.2, 0.25) is 0 Å². The van der Waals surface area contributed by atoms with Crippen LogP contribution in [0.4, 0.5) is 5.69 Å². The van der Waals surface area contributed by atoms with Crippen molar-refractivity contribution in [2.45, 2.75) is 17.5 Å². The monoisotopic (exact) mass is 370 g/mol.